The van der Waals surface area contributed by atoms with E-state index >= 15 is 0 Å². The highest BCUT2D eigenvalue weighted by Crippen LogP contribution is 2.29. The van der Waals surface area contributed by atoms with Gasteiger partial charge in [-0.25, -0.2) is 4.98 Å². The molecule has 0 N–H and O–H groups in total. The largest absolute Gasteiger partial charge is 0.293 e. The number of benzene rings is 2. The molecule has 0 fully saturated rings. The summed E-state index contributed by atoms with van der Waals surface area (Å²) in [5.74, 6) is 0.765. The maximum Gasteiger partial charge on any atom is 0.259 e. The van der Waals surface area contributed by atoms with E-state index in [1.165, 1.54) is 4.88 Å². The SMILES string of the molecule is Cc1nc2c(c(=O)n1C(c1ccccc1)c1ccccc1)CN(Cc1sccc1Br)CC2. The number of aryl methyl sites for hydroxylation is 1. The van der Waals surface area contributed by atoms with Gasteiger partial charge in [0.25, 0.3) is 5.56 Å². The molecule has 0 saturated heterocycles. The van der Waals surface area contributed by atoms with Gasteiger partial charge in [-0.05, 0) is 45.4 Å². The maximum atomic E-state index is 13.9. The van der Waals surface area contributed by atoms with Crippen molar-refractivity contribution >= 4 is 27.3 Å². The molecule has 0 bridgehead atoms. The number of hydrogen-bond donors (Lipinski definition) is 0. The third-order valence-corrected chi connectivity index (χ3v) is 7.98. The summed E-state index contributed by atoms with van der Waals surface area (Å²) in [4.78, 5) is 22.5. The molecule has 0 radical (unpaired) electrons. The molecule has 0 aliphatic carbocycles. The Morgan fingerprint density at radius 2 is 1.69 bits per heavy atom. The fraction of sp³-hybridized carbons (Fsp3) is 0.231. The molecule has 162 valence electrons. The van der Waals surface area contributed by atoms with Crippen molar-refractivity contribution in [3.05, 3.63) is 120 Å². The molecule has 32 heavy (non-hydrogen) atoms. The zero-order chi connectivity index (χ0) is 22.1. The van der Waals surface area contributed by atoms with Gasteiger partial charge in [-0.1, -0.05) is 60.7 Å². The summed E-state index contributed by atoms with van der Waals surface area (Å²) < 4.78 is 3.02. The van der Waals surface area contributed by atoms with Crippen LogP contribution in [0.15, 0.2) is 81.4 Å². The predicted octanol–water partition coefficient (Wildman–Crippen LogP) is 5.57. The van der Waals surface area contributed by atoms with Crippen LogP contribution in [0.2, 0.25) is 0 Å². The zero-order valence-electron chi connectivity index (χ0n) is 17.9. The lowest BCUT2D eigenvalue weighted by molar-refractivity contribution is 0.242. The lowest BCUT2D eigenvalue weighted by atomic mass is 9.97. The van der Waals surface area contributed by atoms with Crippen molar-refractivity contribution in [3.8, 4) is 0 Å². The lowest BCUT2D eigenvalue weighted by Gasteiger charge is -2.30. The first-order chi connectivity index (χ1) is 15.6. The van der Waals surface area contributed by atoms with Crippen LogP contribution in [0.5, 0.6) is 0 Å². The van der Waals surface area contributed by atoms with E-state index in [4.69, 9.17) is 4.98 Å². The number of rotatable bonds is 5. The van der Waals surface area contributed by atoms with Crippen LogP contribution < -0.4 is 5.56 Å². The summed E-state index contributed by atoms with van der Waals surface area (Å²) in [5, 5.41) is 2.10. The minimum atomic E-state index is -0.204. The Balaban J connectivity index is 1.58. The molecular formula is C26H24BrN3OS. The van der Waals surface area contributed by atoms with Crippen molar-refractivity contribution in [1.29, 1.82) is 0 Å². The first-order valence-corrected chi connectivity index (χ1v) is 12.4. The van der Waals surface area contributed by atoms with E-state index in [0.717, 1.165) is 52.2 Å². The quantitative estimate of drug-likeness (QED) is 0.355. The van der Waals surface area contributed by atoms with E-state index in [1.54, 1.807) is 11.3 Å². The van der Waals surface area contributed by atoms with Crippen LogP contribution in [0.4, 0.5) is 0 Å². The van der Waals surface area contributed by atoms with Gasteiger partial charge in [0, 0.05) is 35.4 Å². The van der Waals surface area contributed by atoms with Crippen molar-refractivity contribution in [2.75, 3.05) is 6.54 Å². The summed E-state index contributed by atoms with van der Waals surface area (Å²) in [6, 6.07) is 22.3. The van der Waals surface area contributed by atoms with Crippen LogP contribution in [-0.4, -0.2) is 21.0 Å². The van der Waals surface area contributed by atoms with Crippen LogP contribution in [0.1, 0.15) is 39.1 Å². The monoisotopic (exact) mass is 505 g/mol. The number of thiophene rings is 1. The minimum absolute atomic E-state index is 0.0696. The second kappa shape index (κ2) is 9.14. The Bertz CT molecular complexity index is 1240. The molecule has 0 unspecified atom stereocenters. The molecule has 0 atom stereocenters. The molecule has 1 aliphatic rings. The van der Waals surface area contributed by atoms with Crippen LogP contribution in [0, 0.1) is 6.92 Å². The molecule has 0 spiro atoms. The van der Waals surface area contributed by atoms with Crippen LogP contribution in [0.3, 0.4) is 0 Å². The highest BCUT2D eigenvalue weighted by Gasteiger charge is 2.27. The molecule has 5 rings (SSSR count). The minimum Gasteiger partial charge on any atom is -0.293 e. The van der Waals surface area contributed by atoms with Crippen molar-refractivity contribution in [3.63, 3.8) is 0 Å². The summed E-state index contributed by atoms with van der Waals surface area (Å²) in [6.45, 7) is 4.33. The Labute approximate surface area is 200 Å². The standard InChI is InChI=1S/C26H24BrN3OS/c1-18-28-23-12-14-29(17-24-22(27)13-15-32-24)16-21(23)26(31)30(18)25(19-8-4-2-5-9-19)20-10-6-3-7-11-20/h2-11,13,15,25H,12,14,16-17H2,1H3. The van der Waals surface area contributed by atoms with Crippen LogP contribution in [-0.2, 0) is 19.5 Å². The summed E-state index contributed by atoms with van der Waals surface area (Å²) >= 11 is 5.38. The normalized spacial score (nSPS) is 14.0. The molecule has 4 aromatic rings. The first-order valence-electron chi connectivity index (χ1n) is 10.8. The van der Waals surface area contributed by atoms with E-state index in [-0.39, 0.29) is 11.6 Å². The number of nitrogens with zero attached hydrogens (tertiary/aromatic N) is 3. The number of halogens is 1. The molecule has 4 nitrogen and oxygen atoms in total. The molecule has 6 heteroatoms. The Hall–Kier alpha value is -2.54. The molecule has 2 aromatic carbocycles. The second-order valence-electron chi connectivity index (χ2n) is 8.14. The van der Waals surface area contributed by atoms with Crippen molar-refractivity contribution in [1.82, 2.24) is 14.5 Å². The van der Waals surface area contributed by atoms with E-state index < -0.39 is 0 Å². The summed E-state index contributed by atoms with van der Waals surface area (Å²) in [7, 11) is 0. The predicted molar refractivity (Wildman–Crippen MR) is 133 cm³/mol. The smallest absolute Gasteiger partial charge is 0.259 e. The van der Waals surface area contributed by atoms with Gasteiger partial charge in [-0.3, -0.25) is 14.3 Å². The lowest BCUT2D eigenvalue weighted by Crippen LogP contribution is -2.40. The van der Waals surface area contributed by atoms with E-state index in [0.29, 0.717) is 6.54 Å². The fourth-order valence-electron chi connectivity index (χ4n) is 4.51. The summed E-state index contributed by atoms with van der Waals surface area (Å²) in [6.07, 6.45) is 0.802. The maximum absolute atomic E-state index is 13.9. The van der Waals surface area contributed by atoms with Gasteiger partial charge in [0.2, 0.25) is 0 Å². The molecular weight excluding hydrogens is 482 g/mol. The van der Waals surface area contributed by atoms with E-state index in [9.17, 15) is 4.79 Å². The number of hydrogen-bond acceptors (Lipinski definition) is 4. The second-order valence-corrected chi connectivity index (χ2v) is 9.99. The molecule has 2 aromatic heterocycles. The van der Waals surface area contributed by atoms with Gasteiger partial charge in [-0.2, -0.15) is 0 Å². The van der Waals surface area contributed by atoms with Crippen molar-refractivity contribution in [2.24, 2.45) is 0 Å². The van der Waals surface area contributed by atoms with Crippen LogP contribution in [0.25, 0.3) is 0 Å². The van der Waals surface area contributed by atoms with Crippen molar-refractivity contribution in [2.45, 2.75) is 32.5 Å². The Morgan fingerprint density at radius 1 is 1.03 bits per heavy atom. The summed E-state index contributed by atoms with van der Waals surface area (Å²) in [5.41, 5.74) is 4.01. The molecule has 0 saturated carbocycles. The fourth-order valence-corrected chi connectivity index (χ4v) is 6.03. The van der Waals surface area contributed by atoms with Gasteiger partial charge in [0.05, 0.1) is 17.3 Å². The number of fused-ring (bicyclic) bond motifs is 1. The van der Waals surface area contributed by atoms with Crippen LogP contribution >= 0.6 is 27.3 Å². The third kappa shape index (κ3) is 4.10. The topological polar surface area (TPSA) is 38.1 Å². The Kier molecular flexibility index (Phi) is 6.09. The average molecular weight is 506 g/mol. The van der Waals surface area contributed by atoms with Gasteiger partial charge >= 0.3 is 0 Å². The average Bonchev–Trinajstić information content (AvgIpc) is 3.22. The van der Waals surface area contributed by atoms with E-state index in [1.807, 2.05) is 47.9 Å². The third-order valence-electron chi connectivity index (χ3n) is 6.06. The van der Waals surface area contributed by atoms with Crippen molar-refractivity contribution < 1.29 is 0 Å². The molecule has 3 heterocycles. The number of aromatic nitrogens is 2. The van der Waals surface area contributed by atoms with Gasteiger partial charge in [0.15, 0.2) is 0 Å². The molecule has 1 aliphatic heterocycles. The highest BCUT2D eigenvalue weighted by atomic mass is 79.9. The van der Waals surface area contributed by atoms with Gasteiger partial charge in [-0.15, -0.1) is 11.3 Å². The molecule has 0 amide bonds. The first kappa shape index (κ1) is 21.3. The highest BCUT2D eigenvalue weighted by molar-refractivity contribution is 9.10. The Morgan fingerprint density at radius 3 is 2.28 bits per heavy atom. The van der Waals surface area contributed by atoms with E-state index in [2.05, 4.69) is 56.5 Å². The van der Waals surface area contributed by atoms with Gasteiger partial charge < -0.3 is 0 Å². The van der Waals surface area contributed by atoms with Gasteiger partial charge in [0.1, 0.15) is 5.82 Å². The zero-order valence-corrected chi connectivity index (χ0v) is 20.3.